The van der Waals surface area contributed by atoms with Gasteiger partial charge in [-0.1, -0.05) is 18.9 Å². The lowest BCUT2D eigenvalue weighted by molar-refractivity contribution is -0.154. The highest BCUT2D eigenvalue weighted by atomic mass is 16.5. The first kappa shape index (κ1) is 15.1. The molecular weight excluding hydrogens is 256 g/mol. The molecule has 2 rings (SSSR count). The number of carboxylic acids is 1. The Hall–Kier alpha value is -1.32. The smallest absolute Gasteiger partial charge is 0.307 e. The Morgan fingerprint density at radius 2 is 2.00 bits per heavy atom. The normalized spacial score (nSPS) is 22.2. The molecule has 1 N–H and O–H groups in total. The Labute approximate surface area is 120 Å². The van der Waals surface area contributed by atoms with E-state index >= 15 is 0 Å². The zero-order valence-corrected chi connectivity index (χ0v) is 12.0. The van der Waals surface area contributed by atoms with Crippen molar-refractivity contribution >= 4 is 11.9 Å². The summed E-state index contributed by atoms with van der Waals surface area (Å²) in [6, 6.07) is 0. The van der Waals surface area contributed by atoms with Crippen molar-refractivity contribution in [3.05, 3.63) is 12.7 Å². The van der Waals surface area contributed by atoms with Gasteiger partial charge in [0.05, 0.1) is 18.9 Å². The third-order valence-electron chi connectivity index (χ3n) is 4.75. The fraction of sp³-hybridized carbons (Fsp3) is 0.750. The van der Waals surface area contributed by atoms with Gasteiger partial charge in [0.2, 0.25) is 0 Å². The molecule has 1 atom stereocenters. The topological polar surface area (TPSA) is 63.6 Å². The molecule has 2 aliphatic carbocycles. The number of carbonyl (C=O) groups excluding carboxylic acids is 1. The van der Waals surface area contributed by atoms with Crippen molar-refractivity contribution in [3.63, 3.8) is 0 Å². The summed E-state index contributed by atoms with van der Waals surface area (Å²) in [5.74, 6) is -1.65. The Bertz CT molecular complexity index is 378. The van der Waals surface area contributed by atoms with E-state index in [2.05, 4.69) is 6.58 Å². The van der Waals surface area contributed by atoms with Gasteiger partial charge in [-0.15, -0.1) is 6.58 Å². The van der Waals surface area contributed by atoms with Gasteiger partial charge in [0.1, 0.15) is 0 Å². The lowest BCUT2D eigenvalue weighted by atomic mass is 9.88. The highest BCUT2D eigenvalue weighted by Gasteiger charge is 2.43. The zero-order valence-electron chi connectivity index (χ0n) is 12.0. The summed E-state index contributed by atoms with van der Waals surface area (Å²) in [5.41, 5.74) is 0.101. The number of carbonyl (C=O) groups is 2. The van der Waals surface area contributed by atoms with Crippen molar-refractivity contribution in [3.8, 4) is 0 Å². The van der Waals surface area contributed by atoms with Crippen LogP contribution in [-0.4, -0.2) is 23.7 Å². The Morgan fingerprint density at radius 1 is 1.35 bits per heavy atom. The molecule has 2 fully saturated rings. The summed E-state index contributed by atoms with van der Waals surface area (Å²) in [4.78, 5) is 23.2. The molecule has 2 saturated carbocycles. The van der Waals surface area contributed by atoms with Crippen LogP contribution in [-0.2, 0) is 14.3 Å². The minimum absolute atomic E-state index is 0.0180. The number of allylic oxidation sites excluding steroid dienone is 1. The molecule has 0 saturated heterocycles. The first-order chi connectivity index (χ1) is 9.56. The quantitative estimate of drug-likeness (QED) is 0.548. The molecule has 0 aromatic rings. The van der Waals surface area contributed by atoms with E-state index in [1.807, 2.05) is 6.08 Å². The molecule has 0 unspecified atom stereocenters. The van der Waals surface area contributed by atoms with Crippen LogP contribution >= 0.6 is 0 Å². The average Bonchev–Trinajstić information content (AvgIpc) is 2.97. The Kier molecular flexibility index (Phi) is 4.84. The second-order valence-electron chi connectivity index (χ2n) is 6.35. The largest absolute Gasteiger partial charge is 0.481 e. The standard InChI is InChI=1S/C16H24O4/c1-2-7-16(8-9-16)11-20-14(17)10-13(15(18)19)12-5-3-4-6-12/h2,12-13H,1,3-11H2,(H,18,19)/t13-/m0/s1. The third-order valence-corrected chi connectivity index (χ3v) is 4.75. The summed E-state index contributed by atoms with van der Waals surface area (Å²) in [5, 5.41) is 9.29. The number of aliphatic carboxylic acids is 1. The summed E-state index contributed by atoms with van der Waals surface area (Å²) in [6.07, 6.45) is 8.87. The lowest BCUT2D eigenvalue weighted by Crippen LogP contribution is -2.26. The van der Waals surface area contributed by atoms with Crippen molar-refractivity contribution in [2.45, 2.75) is 51.4 Å². The molecule has 112 valence electrons. The van der Waals surface area contributed by atoms with Crippen molar-refractivity contribution in [1.82, 2.24) is 0 Å². The minimum Gasteiger partial charge on any atom is -0.481 e. The van der Waals surface area contributed by atoms with Crippen LogP contribution in [0.2, 0.25) is 0 Å². The van der Waals surface area contributed by atoms with E-state index in [0.29, 0.717) is 6.61 Å². The molecular formula is C16H24O4. The Balaban J connectivity index is 1.79. The molecule has 0 radical (unpaired) electrons. The maximum atomic E-state index is 11.9. The summed E-state index contributed by atoms with van der Waals surface area (Å²) < 4.78 is 5.31. The maximum Gasteiger partial charge on any atom is 0.307 e. The zero-order chi connectivity index (χ0) is 14.6. The predicted octanol–water partition coefficient (Wildman–Crippen LogP) is 3.17. The van der Waals surface area contributed by atoms with Gasteiger partial charge in [-0.05, 0) is 38.0 Å². The van der Waals surface area contributed by atoms with E-state index in [0.717, 1.165) is 44.9 Å². The van der Waals surface area contributed by atoms with E-state index in [-0.39, 0.29) is 23.7 Å². The molecule has 0 aromatic carbocycles. The first-order valence-electron chi connectivity index (χ1n) is 7.56. The van der Waals surface area contributed by atoms with Crippen molar-refractivity contribution in [2.75, 3.05) is 6.61 Å². The molecule has 0 spiro atoms. The minimum atomic E-state index is -0.860. The summed E-state index contributed by atoms with van der Waals surface area (Å²) in [7, 11) is 0. The first-order valence-corrected chi connectivity index (χ1v) is 7.56. The number of ether oxygens (including phenoxy) is 1. The predicted molar refractivity (Wildman–Crippen MR) is 75.1 cm³/mol. The third kappa shape index (κ3) is 3.84. The van der Waals surface area contributed by atoms with Crippen LogP contribution in [0.4, 0.5) is 0 Å². The van der Waals surface area contributed by atoms with Gasteiger partial charge in [-0.25, -0.2) is 0 Å². The van der Waals surface area contributed by atoms with Crippen molar-refractivity contribution in [2.24, 2.45) is 17.3 Å². The number of esters is 1. The fourth-order valence-corrected chi connectivity index (χ4v) is 3.18. The van der Waals surface area contributed by atoms with Crippen LogP contribution in [0.15, 0.2) is 12.7 Å². The summed E-state index contributed by atoms with van der Waals surface area (Å²) in [6.45, 7) is 4.13. The van der Waals surface area contributed by atoms with Crippen LogP contribution in [0.25, 0.3) is 0 Å². The average molecular weight is 280 g/mol. The molecule has 2 aliphatic rings. The van der Waals surface area contributed by atoms with Gasteiger partial charge >= 0.3 is 11.9 Å². The monoisotopic (exact) mass is 280 g/mol. The molecule has 0 amide bonds. The van der Waals surface area contributed by atoms with Crippen LogP contribution in [0, 0.1) is 17.3 Å². The second kappa shape index (κ2) is 6.42. The molecule has 0 aliphatic heterocycles. The molecule has 4 nitrogen and oxygen atoms in total. The van der Waals surface area contributed by atoms with Gasteiger partial charge in [0.25, 0.3) is 0 Å². The fourth-order valence-electron chi connectivity index (χ4n) is 3.18. The number of rotatable bonds is 8. The molecule has 0 heterocycles. The van der Waals surface area contributed by atoms with Gasteiger partial charge in [-0.3, -0.25) is 9.59 Å². The van der Waals surface area contributed by atoms with Gasteiger partial charge < -0.3 is 9.84 Å². The molecule has 4 heteroatoms. The van der Waals surface area contributed by atoms with Crippen LogP contribution < -0.4 is 0 Å². The summed E-state index contributed by atoms with van der Waals surface area (Å²) >= 11 is 0. The highest BCUT2D eigenvalue weighted by Crippen LogP contribution is 2.49. The molecule has 20 heavy (non-hydrogen) atoms. The van der Waals surface area contributed by atoms with Gasteiger partial charge in [0, 0.05) is 5.41 Å². The lowest BCUT2D eigenvalue weighted by Gasteiger charge is -2.19. The van der Waals surface area contributed by atoms with Crippen molar-refractivity contribution < 1.29 is 19.4 Å². The number of hydrogen-bond acceptors (Lipinski definition) is 3. The van der Waals surface area contributed by atoms with E-state index in [9.17, 15) is 14.7 Å². The van der Waals surface area contributed by atoms with Gasteiger partial charge in [0.15, 0.2) is 0 Å². The van der Waals surface area contributed by atoms with Crippen LogP contribution in [0.5, 0.6) is 0 Å². The van der Waals surface area contributed by atoms with E-state index in [1.54, 1.807) is 0 Å². The Morgan fingerprint density at radius 3 is 2.50 bits per heavy atom. The van der Waals surface area contributed by atoms with E-state index in [1.165, 1.54) is 0 Å². The van der Waals surface area contributed by atoms with Crippen LogP contribution in [0.1, 0.15) is 51.4 Å². The SMILES string of the molecule is C=CCC1(COC(=O)C[C@H](C(=O)O)C2CCCC2)CC1. The number of hydrogen-bond donors (Lipinski definition) is 1. The molecule has 0 aromatic heterocycles. The van der Waals surface area contributed by atoms with E-state index < -0.39 is 11.9 Å². The highest BCUT2D eigenvalue weighted by molar-refractivity contribution is 5.79. The van der Waals surface area contributed by atoms with Crippen molar-refractivity contribution in [1.29, 1.82) is 0 Å². The second-order valence-corrected chi connectivity index (χ2v) is 6.35. The molecule has 0 bridgehead atoms. The van der Waals surface area contributed by atoms with E-state index in [4.69, 9.17) is 4.74 Å². The van der Waals surface area contributed by atoms with Gasteiger partial charge in [-0.2, -0.15) is 0 Å². The maximum absolute atomic E-state index is 11.9. The number of carboxylic acid groups (broad SMARTS) is 1. The van der Waals surface area contributed by atoms with Crippen LogP contribution in [0.3, 0.4) is 0 Å².